The van der Waals surface area contributed by atoms with Gasteiger partial charge in [-0.3, -0.25) is 0 Å². The normalized spacial score (nSPS) is 15.8. The maximum Gasteiger partial charge on any atom is 0.229 e. The van der Waals surface area contributed by atoms with Gasteiger partial charge in [-0.1, -0.05) is 18.2 Å². The van der Waals surface area contributed by atoms with Crippen LogP contribution in [-0.2, 0) is 0 Å². The largest absolute Gasteiger partial charge is 0.494 e. The fourth-order valence-corrected chi connectivity index (χ4v) is 4.47. The summed E-state index contributed by atoms with van der Waals surface area (Å²) in [6.07, 6.45) is 1.79. The molecular weight excluding hydrogens is 426 g/mol. The Morgan fingerprint density at radius 3 is 2.62 bits per heavy atom. The van der Waals surface area contributed by atoms with Gasteiger partial charge in [0.1, 0.15) is 11.4 Å². The van der Waals surface area contributed by atoms with Crippen LogP contribution in [0.15, 0.2) is 49.2 Å². The summed E-state index contributed by atoms with van der Waals surface area (Å²) in [5.74, 6) is 2.03. The number of benzene rings is 2. The number of ether oxygens (including phenoxy) is 1. The van der Waals surface area contributed by atoms with Crippen molar-refractivity contribution in [3.8, 4) is 5.75 Å². The highest BCUT2D eigenvalue weighted by molar-refractivity contribution is 5.92. The zero-order valence-electron chi connectivity index (χ0n) is 20.2. The van der Waals surface area contributed by atoms with Crippen LogP contribution in [0.25, 0.3) is 5.70 Å². The van der Waals surface area contributed by atoms with Crippen molar-refractivity contribution in [2.75, 3.05) is 67.8 Å². The Hall–Kier alpha value is -3.78. The van der Waals surface area contributed by atoms with Gasteiger partial charge in [-0.2, -0.15) is 4.98 Å². The van der Waals surface area contributed by atoms with Crippen molar-refractivity contribution < 1.29 is 4.74 Å². The van der Waals surface area contributed by atoms with E-state index in [4.69, 9.17) is 9.72 Å². The summed E-state index contributed by atoms with van der Waals surface area (Å²) >= 11 is 0. The third-order valence-electron chi connectivity index (χ3n) is 6.51. The number of rotatable bonds is 4. The van der Waals surface area contributed by atoms with Crippen molar-refractivity contribution in [2.45, 2.75) is 6.92 Å². The monoisotopic (exact) mass is 457 g/mol. The number of piperazine rings is 1. The van der Waals surface area contributed by atoms with Gasteiger partial charge in [0.2, 0.25) is 5.95 Å². The van der Waals surface area contributed by atoms with Crippen LogP contribution in [0.2, 0.25) is 0 Å². The molecule has 1 aromatic heterocycles. The summed E-state index contributed by atoms with van der Waals surface area (Å²) in [6, 6.07) is 12.6. The summed E-state index contributed by atoms with van der Waals surface area (Å²) in [5, 5.41) is 6.72. The van der Waals surface area contributed by atoms with Gasteiger partial charge in [0.15, 0.2) is 5.82 Å². The maximum atomic E-state index is 5.71. The molecule has 1 fully saturated rings. The van der Waals surface area contributed by atoms with E-state index in [-0.39, 0.29) is 0 Å². The molecule has 34 heavy (non-hydrogen) atoms. The number of likely N-dealkylation sites (N-methyl/N-ethyl adjacent to an activating group) is 1. The number of anilines is 6. The lowest BCUT2D eigenvalue weighted by molar-refractivity contribution is 0.312. The van der Waals surface area contributed by atoms with Crippen molar-refractivity contribution in [3.05, 3.63) is 60.3 Å². The molecule has 1 saturated heterocycles. The summed E-state index contributed by atoms with van der Waals surface area (Å²) in [4.78, 5) is 16.2. The van der Waals surface area contributed by atoms with Gasteiger partial charge < -0.3 is 30.1 Å². The fourth-order valence-electron chi connectivity index (χ4n) is 4.47. The number of aromatic nitrogens is 2. The molecule has 8 nitrogen and oxygen atoms in total. The lowest BCUT2D eigenvalue weighted by atomic mass is 10.1. The fraction of sp³-hybridized carbons (Fsp3) is 0.308. The number of aryl methyl sites for hydroxylation is 1. The molecule has 0 aliphatic carbocycles. The molecule has 8 heteroatoms. The molecule has 2 N–H and O–H groups in total. The van der Waals surface area contributed by atoms with E-state index in [9.17, 15) is 0 Å². The van der Waals surface area contributed by atoms with E-state index < -0.39 is 0 Å². The number of methoxy groups -OCH3 is 1. The standard InChI is InChI=1S/C26H31N7O/c1-17-6-9-23-20(14-17)18(2)28-22-16-27-26(30-25(22)32(23)4)29-21-8-7-19(15-24(21)34-5)33-12-10-31(3)11-13-33/h6-9,14-16,28H,2,10-13H2,1,3-5H3,(H,27,29,30). The van der Waals surface area contributed by atoms with Crippen molar-refractivity contribution in [1.29, 1.82) is 0 Å². The lowest BCUT2D eigenvalue weighted by Gasteiger charge is -2.34. The van der Waals surface area contributed by atoms with Crippen molar-refractivity contribution in [2.24, 2.45) is 0 Å². The highest BCUT2D eigenvalue weighted by atomic mass is 16.5. The molecule has 176 valence electrons. The molecule has 2 aromatic carbocycles. The van der Waals surface area contributed by atoms with Crippen LogP contribution in [0, 0.1) is 6.92 Å². The molecule has 0 unspecified atom stereocenters. The molecule has 5 rings (SSSR count). The number of hydrogen-bond donors (Lipinski definition) is 2. The smallest absolute Gasteiger partial charge is 0.229 e. The minimum absolute atomic E-state index is 0.499. The minimum Gasteiger partial charge on any atom is -0.494 e. The second kappa shape index (κ2) is 8.87. The van der Waals surface area contributed by atoms with Gasteiger partial charge in [-0.05, 0) is 38.2 Å². The predicted molar refractivity (Wildman–Crippen MR) is 140 cm³/mol. The average Bonchev–Trinajstić information content (AvgIpc) is 2.94. The molecule has 2 aliphatic heterocycles. The predicted octanol–water partition coefficient (Wildman–Crippen LogP) is 4.45. The zero-order valence-corrected chi connectivity index (χ0v) is 20.2. The molecule has 3 heterocycles. The third-order valence-corrected chi connectivity index (χ3v) is 6.51. The number of hydrogen-bond acceptors (Lipinski definition) is 8. The van der Waals surface area contributed by atoms with Crippen LogP contribution in [0.1, 0.15) is 11.1 Å². The topological polar surface area (TPSA) is 68.8 Å². The minimum atomic E-state index is 0.499. The molecule has 0 amide bonds. The summed E-state index contributed by atoms with van der Waals surface area (Å²) in [6.45, 7) is 10.4. The van der Waals surface area contributed by atoms with Crippen LogP contribution in [0.5, 0.6) is 5.75 Å². The van der Waals surface area contributed by atoms with Gasteiger partial charge in [0.05, 0.1) is 24.7 Å². The number of nitrogens with one attached hydrogen (secondary N) is 2. The van der Waals surface area contributed by atoms with Crippen LogP contribution in [-0.4, -0.2) is 62.3 Å². The van der Waals surface area contributed by atoms with Gasteiger partial charge in [0, 0.05) is 56.2 Å². The van der Waals surface area contributed by atoms with E-state index >= 15 is 0 Å². The first kappa shape index (κ1) is 22.0. The Morgan fingerprint density at radius 2 is 1.85 bits per heavy atom. The molecular formula is C26H31N7O. The Labute approximate surface area is 200 Å². The SMILES string of the molecule is C=C1Nc2cnc(Nc3ccc(N4CCN(C)CC4)cc3OC)nc2N(C)c2ccc(C)cc21. The van der Waals surface area contributed by atoms with E-state index in [1.54, 1.807) is 13.3 Å². The van der Waals surface area contributed by atoms with Crippen molar-refractivity contribution in [3.63, 3.8) is 0 Å². The van der Waals surface area contributed by atoms with Gasteiger partial charge in [-0.15, -0.1) is 0 Å². The van der Waals surface area contributed by atoms with E-state index in [1.165, 1.54) is 5.56 Å². The molecule has 3 aromatic rings. The van der Waals surface area contributed by atoms with Gasteiger partial charge in [-0.25, -0.2) is 4.98 Å². The van der Waals surface area contributed by atoms with Gasteiger partial charge >= 0.3 is 0 Å². The highest BCUT2D eigenvalue weighted by Crippen LogP contribution is 2.40. The van der Waals surface area contributed by atoms with Crippen LogP contribution in [0.3, 0.4) is 0 Å². The quantitative estimate of drug-likeness (QED) is 0.596. The first-order valence-corrected chi connectivity index (χ1v) is 11.5. The second-order valence-corrected chi connectivity index (χ2v) is 8.91. The molecule has 2 aliphatic rings. The molecule has 0 bridgehead atoms. The maximum absolute atomic E-state index is 5.71. The Balaban J connectivity index is 1.43. The van der Waals surface area contributed by atoms with Crippen LogP contribution in [0.4, 0.5) is 34.5 Å². The lowest BCUT2D eigenvalue weighted by Crippen LogP contribution is -2.44. The summed E-state index contributed by atoms with van der Waals surface area (Å²) in [5.41, 5.74) is 6.90. The molecule has 0 radical (unpaired) electrons. The Kier molecular flexibility index (Phi) is 5.75. The molecule has 0 saturated carbocycles. The Bertz CT molecular complexity index is 1230. The first-order chi connectivity index (χ1) is 16.4. The number of nitrogens with zero attached hydrogens (tertiary/aromatic N) is 5. The van der Waals surface area contributed by atoms with E-state index in [0.29, 0.717) is 5.95 Å². The number of fused-ring (bicyclic) bond motifs is 2. The average molecular weight is 458 g/mol. The van der Waals surface area contributed by atoms with Crippen LogP contribution >= 0.6 is 0 Å². The van der Waals surface area contributed by atoms with E-state index in [2.05, 4.69) is 81.2 Å². The van der Waals surface area contributed by atoms with E-state index in [0.717, 1.165) is 71.8 Å². The zero-order chi connectivity index (χ0) is 23.8. The summed E-state index contributed by atoms with van der Waals surface area (Å²) < 4.78 is 5.71. The molecule has 0 spiro atoms. The first-order valence-electron chi connectivity index (χ1n) is 11.5. The Morgan fingerprint density at radius 1 is 1.06 bits per heavy atom. The van der Waals surface area contributed by atoms with Gasteiger partial charge in [0.25, 0.3) is 0 Å². The highest BCUT2D eigenvalue weighted by Gasteiger charge is 2.23. The van der Waals surface area contributed by atoms with Crippen molar-refractivity contribution >= 4 is 40.2 Å². The summed E-state index contributed by atoms with van der Waals surface area (Å²) in [7, 11) is 5.86. The third kappa shape index (κ3) is 4.12. The van der Waals surface area contributed by atoms with Crippen LogP contribution < -0.4 is 25.2 Å². The van der Waals surface area contributed by atoms with E-state index in [1.807, 2.05) is 13.1 Å². The van der Waals surface area contributed by atoms with Crippen molar-refractivity contribution in [1.82, 2.24) is 14.9 Å². The molecule has 0 atom stereocenters. The second-order valence-electron chi connectivity index (χ2n) is 8.91.